The van der Waals surface area contributed by atoms with Crippen molar-refractivity contribution in [2.24, 2.45) is 0 Å². The quantitative estimate of drug-likeness (QED) is 0.527. The van der Waals surface area contributed by atoms with Crippen LogP contribution in [0.5, 0.6) is 0 Å². The Morgan fingerprint density at radius 3 is 2.50 bits per heavy atom. The van der Waals surface area contributed by atoms with Crippen LogP contribution in [0.25, 0.3) is 0 Å². The summed E-state index contributed by atoms with van der Waals surface area (Å²) < 4.78 is 5.00. The Balaban J connectivity index is 3.60. The summed E-state index contributed by atoms with van der Waals surface area (Å²) in [6, 6.07) is 0.173. The third-order valence-corrected chi connectivity index (χ3v) is 2.02. The molecule has 0 saturated carbocycles. The Morgan fingerprint density at radius 1 is 1.43 bits per heavy atom. The number of aliphatic hydroxyl groups excluding tert-OH is 1. The lowest BCUT2D eigenvalue weighted by atomic mass is 10.1. The van der Waals surface area contributed by atoms with Gasteiger partial charge in [-0.2, -0.15) is 0 Å². The molecule has 0 aliphatic rings. The zero-order valence-corrected chi connectivity index (χ0v) is 9.42. The standard InChI is InChI=1S/C10H23NO3/c1-10(2,13)5-6-11-9(4-7-12)8-14-3/h9,11-13H,4-8H2,1-3H3. The molecule has 1 unspecified atom stereocenters. The lowest BCUT2D eigenvalue weighted by Crippen LogP contribution is -2.37. The van der Waals surface area contributed by atoms with E-state index in [1.54, 1.807) is 21.0 Å². The van der Waals surface area contributed by atoms with Crippen LogP contribution in [0.1, 0.15) is 26.7 Å². The lowest BCUT2D eigenvalue weighted by molar-refractivity contribution is 0.0678. The predicted octanol–water partition coefficient (Wildman–Crippen LogP) is 0.134. The average molecular weight is 205 g/mol. The summed E-state index contributed by atoms with van der Waals surface area (Å²) in [6.45, 7) is 5.05. The van der Waals surface area contributed by atoms with E-state index in [4.69, 9.17) is 9.84 Å². The number of ether oxygens (including phenoxy) is 1. The highest BCUT2D eigenvalue weighted by atomic mass is 16.5. The predicted molar refractivity (Wildman–Crippen MR) is 56.3 cm³/mol. The van der Waals surface area contributed by atoms with Crippen molar-refractivity contribution in [1.29, 1.82) is 0 Å². The Kier molecular flexibility index (Phi) is 7.09. The van der Waals surface area contributed by atoms with E-state index in [1.165, 1.54) is 0 Å². The van der Waals surface area contributed by atoms with Gasteiger partial charge in [0.15, 0.2) is 0 Å². The summed E-state index contributed by atoms with van der Waals surface area (Å²) in [7, 11) is 1.64. The molecule has 1 atom stereocenters. The van der Waals surface area contributed by atoms with E-state index in [1.807, 2.05) is 0 Å². The average Bonchev–Trinajstić information content (AvgIpc) is 2.02. The second-order valence-corrected chi connectivity index (χ2v) is 4.18. The number of hydrogen-bond donors (Lipinski definition) is 3. The van der Waals surface area contributed by atoms with Gasteiger partial charge in [0, 0.05) is 19.8 Å². The highest BCUT2D eigenvalue weighted by Crippen LogP contribution is 2.05. The van der Waals surface area contributed by atoms with Gasteiger partial charge in [0.05, 0.1) is 12.2 Å². The van der Waals surface area contributed by atoms with Crippen LogP contribution in [0.3, 0.4) is 0 Å². The highest BCUT2D eigenvalue weighted by Gasteiger charge is 2.13. The summed E-state index contributed by atoms with van der Waals surface area (Å²) in [6.07, 6.45) is 1.37. The maximum atomic E-state index is 9.47. The van der Waals surface area contributed by atoms with Crippen LogP contribution in [0.2, 0.25) is 0 Å². The van der Waals surface area contributed by atoms with E-state index >= 15 is 0 Å². The Labute approximate surface area is 86.3 Å². The molecule has 0 aromatic carbocycles. The van der Waals surface area contributed by atoms with Crippen molar-refractivity contribution >= 4 is 0 Å². The van der Waals surface area contributed by atoms with E-state index in [0.29, 0.717) is 19.4 Å². The van der Waals surface area contributed by atoms with E-state index in [-0.39, 0.29) is 12.6 Å². The van der Waals surface area contributed by atoms with E-state index in [2.05, 4.69) is 5.32 Å². The molecule has 0 bridgehead atoms. The molecule has 0 saturated heterocycles. The minimum absolute atomic E-state index is 0.156. The number of rotatable bonds is 8. The molecular weight excluding hydrogens is 182 g/mol. The molecule has 0 heterocycles. The molecule has 0 spiro atoms. The maximum absolute atomic E-state index is 9.47. The third kappa shape index (κ3) is 8.44. The van der Waals surface area contributed by atoms with Crippen molar-refractivity contribution in [2.45, 2.75) is 38.3 Å². The molecule has 0 aliphatic carbocycles. The van der Waals surface area contributed by atoms with Gasteiger partial charge >= 0.3 is 0 Å². The van der Waals surface area contributed by atoms with Crippen LogP contribution in [0, 0.1) is 0 Å². The van der Waals surface area contributed by atoms with Crippen molar-refractivity contribution in [3.8, 4) is 0 Å². The van der Waals surface area contributed by atoms with Crippen LogP contribution < -0.4 is 5.32 Å². The molecule has 3 N–H and O–H groups in total. The van der Waals surface area contributed by atoms with Gasteiger partial charge < -0.3 is 20.3 Å². The van der Waals surface area contributed by atoms with Gasteiger partial charge in [-0.1, -0.05) is 0 Å². The number of methoxy groups -OCH3 is 1. The summed E-state index contributed by atoms with van der Waals surface area (Å²) in [4.78, 5) is 0. The monoisotopic (exact) mass is 205 g/mol. The summed E-state index contributed by atoms with van der Waals surface area (Å²) in [5.74, 6) is 0. The highest BCUT2D eigenvalue weighted by molar-refractivity contribution is 4.70. The number of nitrogens with one attached hydrogen (secondary N) is 1. The first-order valence-electron chi connectivity index (χ1n) is 5.05. The molecule has 4 nitrogen and oxygen atoms in total. The molecule has 4 heteroatoms. The maximum Gasteiger partial charge on any atom is 0.0616 e. The Hall–Kier alpha value is -0.160. The largest absolute Gasteiger partial charge is 0.396 e. The second kappa shape index (κ2) is 7.17. The smallest absolute Gasteiger partial charge is 0.0616 e. The zero-order chi connectivity index (χ0) is 11.0. The van der Waals surface area contributed by atoms with Gasteiger partial charge in [-0.25, -0.2) is 0 Å². The lowest BCUT2D eigenvalue weighted by Gasteiger charge is -2.21. The second-order valence-electron chi connectivity index (χ2n) is 4.18. The Morgan fingerprint density at radius 2 is 2.07 bits per heavy atom. The van der Waals surface area contributed by atoms with Crippen molar-refractivity contribution in [3.63, 3.8) is 0 Å². The first-order chi connectivity index (χ1) is 6.49. The fraction of sp³-hybridized carbons (Fsp3) is 1.00. The molecule has 86 valence electrons. The normalized spacial score (nSPS) is 14.4. The fourth-order valence-electron chi connectivity index (χ4n) is 1.18. The van der Waals surface area contributed by atoms with Gasteiger partial charge in [0.2, 0.25) is 0 Å². The zero-order valence-electron chi connectivity index (χ0n) is 9.42. The molecular formula is C10H23NO3. The molecule has 0 aliphatic heterocycles. The molecule has 14 heavy (non-hydrogen) atoms. The minimum Gasteiger partial charge on any atom is -0.396 e. The molecule has 0 rings (SSSR count). The van der Waals surface area contributed by atoms with Gasteiger partial charge in [-0.3, -0.25) is 0 Å². The first-order valence-corrected chi connectivity index (χ1v) is 5.05. The van der Waals surface area contributed by atoms with Crippen molar-refractivity contribution in [1.82, 2.24) is 5.32 Å². The van der Waals surface area contributed by atoms with Crippen molar-refractivity contribution < 1.29 is 14.9 Å². The fourth-order valence-corrected chi connectivity index (χ4v) is 1.18. The van der Waals surface area contributed by atoms with Crippen LogP contribution in [-0.2, 0) is 4.74 Å². The Bertz CT molecular complexity index is 128. The topological polar surface area (TPSA) is 61.7 Å². The van der Waals surface area contributed by atoms with Crippen molar-refractivity contribution in [3.05, 3.63) is 0 Å². The van der Waals surface area contributed by atoms with E-state index in [9.17, 15) is 5.11 Å². The van der Waals surface area contributed by atoms with E-state index in [0.717, 1.165) is 6.54 Å². The van der Waals surface area contributed by atoms with E-state index < -0.39 is 5.60 Å². The third-order valence-electron chi connectivity index (χ3n) is 2.02. The SMILES string of the molecule is COCC(CCO)NCCC(C)(C)O. The van der Waals surface area contributed by atoms with Crippen LogP contribution >= 0.6 is 0 Å². The van der Waals surface area contributed by atoms with Gasteiger partial charge in [0.1, 0.15) is 0 Å². The van der Waals surface area contributed by atoms with Gasteiger partial charge in [-0.05, 0) is 33.2 Å². The minimum atomic E-state index is -0.635. The van der Waals surface area contributed by atoms with Crippen LogP contribution in [-0.4, -0.2) is 48.7 Å². The molecule has 0 amide bonds. The van der Waals surface area contributed by atoms with Crippen molar-refractivity contribution in [2.75, 3.05) is 26.9 Å². The number of aliphatic hydroxyl groups is 2. The molecule has 0 aromatic rings. The summed E-state index contributed by atoms with van der Waals surface area (Å²) in [5.41, 5.74) is -0.635. The summed E-state index contributed by atoms with van der Waals surface area (Å²) >= 11 is 0. The van der Waals surface area contributed by atoms with Crippen LogP contribution in [0.4, 0.5) is 0 Å². The first kappa shape index (κ1) is 13.8. The van der Waals surface area contributed by atoms with Gasteiger partial charge in [0.25, 0.3) is 0 Å². The van der Waals surface area contributed by atoms with Gasteiger partial charge in [-0.15, -0.1) is 0 Å². The van der Waals surface area contributed by atoms with Crippen LogP contribution in [0.15, 0.2) is 0 Å². The molecule has 0 radical (unpaired) electrons. The molecule has 0 aromatic heterocycles. The molecule has 0 fully saturated rings. The number of hydrogen-bond acceptors (Lipinski definition) is 4. The summed E-state index contributed by atoms with van der Waals surface area (Å²) in [5, 5.41) is 21.5.